The Kier molecular flexibility index (Phi) is 2.27. The zero-order chi connectivity index (χ0) is 11.9. The molecule has 1 fully saturated rings. The van der Waals surface area contributed by atoms with Gasteiger partial charge in [0.25, 0.3) is 1.43 Å². The first kappa shape index (κ1) is 9.93. The van der Waals surface area contributed by atoms with Gasteiger partial charge in [-0.1, -0.05) is 0 Å². The molecule has 14 heavy (non-hydrogen) atoms. The smallest absolute Gasteiger partial charge is 0.307 e. The molecule has 0 aromatic rings. The number of quaternary nitrogens is 1. The number of hydroxylamine groups is 2. The zero-order valence-corrected chi connectivity index (χ0v) is 9.26. The van der Waals surface area contributed by atoms with Crippen molar-refractivity contribution in [3.63, 3.8) is 0 Å². The highest BCUT2D eigenvalue weighted by atomic mass is 16.5. The molecule has 0 aromatic heterocycles. The molecular formula is C10H20NO3+. The van der Waals surface area contributed by atoms with Crippen LogP contribution in [0.3, 0.4) is 0 Å². The molecule has 1 aliphatic heterocycles. The van der Waals surface area contributed by atoms with E-state index >= 15 is 0 Å². The molecule has 0 aliphatic carbocycles. The molecule has 0 amide bonds. The van der Waals surface area contributed by atoms with Crippen molar-refractivity contribution in [3.8, 4) is 0 Å². The Morgan fingerprint density at radius 3 is 2.14 bits per heavy atom. The van der Waals surface area contributed by atoms with Crippen LogP contribution in [0.1, 0.15) is 40.5 Å². The average molecular weight is 204 g/mol. The zero-order valence-electron chi connectivity index (χ0n) is 10.3. The predicted molar refractivity (Wildman–Crippen MR) is 51.3 cm³/mol. The molecule has 0 aromatic carbocycles. The Morgan fingerprint density at radius 2 is 1.79 bits per heavy atom. The van der Waals surface area contributed by atoms with E-state index in [1.165, 1.54) is 0 Å². The van der Waals surface area contributed by atoms with Crippen molar-refractivity contribution in [1.82, 2.24) is 0 Å². The number of nitrogens with one attached hydrogen (secondary N) is 1. The second-order valence-corrected chi connectivity index (χ2v) is 5.54. The van der Waals surface area contributed by atoms with E-state index in [9.17, 15) is 10.0 Å². The first-order valence-corrected chi connectivity index (χ1v) is 4.94. The van der Waals surface area contributed by atoms with Gasteiger partial charge >= 0.3 is 5.97 Å². The summed E-state index contributed by atoms with van der Waals surface area (Å²) in [5, 5.41) is 14.5. The van der Waals surface area contributed by atoms with Crippen LogP contribution in [0, 0.1) is 5.92 Å². The monoisotopic (exact) mass is 204 g/mol. The van der Waals surface area contributed by atoms with E-state index in [2.05, 4.69) is 5.11 Å². The number of carbonyl (C=O) groups is 1. The summed E-state index contributed by atoms with van der Waals surface area (Å²) < 4.78 is 6.64. The van der Waals surface area contributed by atoms with Crippen LogP contribution in [0.4, 0.5) is 0 Å². The molecule has 1 aliphatic rings. The van der Waals surface area contributed by atoms with Gasteiger partial charge in [-0.25, -0.2) is 5.21 Å². The van der Waals surface area contributed by atoms with Crippen molar-refractivity contribution in [1.29, 1.82) is 1.43 Å². The molecule has 0 unspecified atom stereocenters. The summed E-state index contributed by atoms with van der Waals surface area (Å²) in [4.78, 5) is 11.3. The topological polar surface area (TPSA) is 62.0 Å². The number of carboxylic acids is 1. The van der Waals surface area contributed by atoms with Crippen molar-refractivity contribution in [2.75, 3.05) is 0 Å². The SMILES string of the molecule is [3H]OC(=O)C1CC(C)(C)[NH+](O)C(C)(C)C1. The number of hydrogen-bond donors (Lipinski definition) is 3. The number of piperidine rings is 1. The molecule has 0 radical (unpaired) electrons. The van der Waals surface area contributed by atoms with Crippen LogP contribution < -0.4 is 5.06 Å². The van der Waals surface area contributed by atoms with Crippen LogP contribution in [0.5, 0.6) is 0 Å². The van der Waals surface area contributed by atoms with Gasteiger partial charge in [0.05, 0.1) is 5.92 Å². The Balaban J connectivity index is 2.89. The molecule has 1 saturated heterocycles. The lowest BCUT2D eigenvalue weighted by molar-refractivity contribution is -1.16. The molecule has 0 saturated carbocycles. The fraction of sp³-hybridized carbons (Fsp3) is 0.900. The highest BCUT2D eigenvalue weighted by molar-refractivity contribution is 5.70. The maximum absolute atomic E-state index is 11.3. The summed E-state index contributed by atoms with van der Waals surface area (Å²) in [6.07, 6.45) is 1.08. The lowest BCUT2D eigenvalue weighted by Crippen LogP contribution is -3.25. The van der Waals surface area contributed by atoms with E-state index in [1.807, 2.05) is 27.7 Å². The van der Waals surface area contributed by atoms with Gasteiger partial charge in [0, 0.05) is 12.8 Å². The van der Waals surface area contributed by atoms with E-state index in [-0.39, 0.29) is 17.0 Å². The van der Waals surface area contributed by atoms with Gasteiger partial charge in [-0.05, 0) is 27.7 Å². The first-order valence-electron chi connectivity index (χ1n) is 5.35. The molecule has 82 valence electrons. The van der Waals surface area contributed by atoms with E-state index in [0.717, 1.165) is 0 Å². The van der Waals surface area contributed by atoms with E-state index < -0.39 is 5.97 Å². The van der Waals surface area contributed by atoms with Gasteiger partial charge in [0.1, 0.15) is 11.1 Å². The molecule has 3 N–H and O–H groups in total. The maximum atomic E-state index is 11.3. The minimum atomic E-state index is -0.497. The fourth-order valence-corrected chi connectivity index (χ4v) is 2.58. The quantitative estimate of drug-likeness (QED) is 0.576. The van der Waals surface area contributed by atoms with Crippen molar-refractivity contribution in [2.45, 2.75) is 51.6 Å². The third kappa shape index (κ3) is 1.91. The third-order valence-electron chi connectivity index (χ3n) is 3.13. The van der Waals surface area contributed by atoms with E-state index in [4.69, 9.17) is 1.43 Å². The Bertz CT molecular complexity index is 247. The van der Waals surface area contributed by atoms with Gasteiger partial charge in [0.15, 0.2) is 0 Å². The Morgan fingerprint density at radius 1 is 1.36 bits per heavy atom. The lowest BCUT2D eigenvalue weighted by atomic mass is 9.75. The number of rotatable bonds is 1. The number of hydrogen-bond acceptors (Lipinski definition) is 3. The highest BCUT2D eigenvalue weighted by Crippen LogP contribution is 2.28. The summed E-state index contributed by atoms with van der Waals surface area (Å²) in [6, 6.07) is 0. The van der Waals surface area contributed by atoms with Gasteiger partial charge in [-0.2, -0.15) is 5.06 Å². The molecule has 0 atom stereocenters. The maximum Gasteiger partial charge on any atom is 0.307 e. The van der Waals surface area contributed by atoms with Crippen molar-refractivity contribution in [3.05, 3.63) is 0 Å². The highest BCUT2D eigenvalue weighted by Gasteiger charge is 2.51. The standard InChI is InChI=1S/C10H19NO3/c1-9(2)5-7(8(12)13)6-10(3,4)11(9)14/h7,14H,5-6H2,1-4H3,(H,12,13)/p+1/i/hT. The van der Waals surface area contributed by atoms with Crippen molar-refractivity contribution in [2.24, 2.45) is 5.92 Å². The molecule has 0 bridgehead atoms. The summed E-state index contributed by atoms with van der Waals surface area (Å²) in [7, 11) is 0. The average Bonchev–Trinajstić information content (AvgIpc) is 2.11. The van der Waals surface area contributed by atoms with Crippen LogP contribution >= 0.6 is 0 Å². The minimum Gasteiger partial charge on any atom is -0.481 e. The summed E-state index contributed by atoms with van der Waals surface area (Å²) in [6.45, 7) is 7.64. The predicted octanol–water partition coefficient (Wildman–Crippen LogP) is 0.312. The normalized spacial score (nSPS) is 35.9. The Hall–Kier alpha value is -0.610. The van der Waals surface area contributed by atoms with Gasteiger partial charge < -0.3 is 5.11 Å². The third-order valence-corrected chi connectivity index (χ3v) is 3.13. The molecule has 0 spiro atoms. The summed E-state index contributed by atoms with van der Waals surface area (Å²) >= 11 is 0. The molecule has 4 nitrogen and oxygen atoms in total. The molecular weight excluding hydrogens is 182 g/mol. The molecule has 4 heteroatoms. The van der Waals surface area contributed by atoms with E-state index in [1.54, 1.807) is 0 Å². The second kappa shape index (κ2) is 3.21. The van der Waals surface area contributed by atoms with Crippen LogP contribution in [0.15, 0.2) is 0 Å². The van der Waals surface area contributed by atoms with Crippen LogP contribution in [0.25, 0.3) is 1.43 Å². The van der Waals surface area contributed by atoms with Gasteiger partial charge in [-0.3, -0.25) is 4.79 Å². The van der Waals surface area contributed by atoms with Gasteiger partial charge in [0.2, 0.25) is 0 Å². The van der Waals surface area contributed by atoms with Crippen LogP contribution in [0.2, 0.25) is 0 Å². The largest absolute Gasteiger partial charge is 0.481 e. The van der Waals surface area contributed by atoms with Crippen LogP contribution in [-0.2, 0) is 4.79 Å². The molecule has 1 heterocycles. The van der Waals surface area contributed by atoms with E-state index in [0.29, 0.717) is 17.9 Å². The first-order chi connectivity index (χ1) is 6.70. The Labute approximate surface area is 86.0 Å². The fourth-order valence-electron chi connectivity index (χ4n) is 2.58. The minimum absolute atomic E-state index is 0.289. The summed E-state index contributed by atoms with van der Waals surface area (Å²) in [5.41, 5.74) is -0.777. The van der Waals surface area contributed by atoms with Crippen molar-refractivity contribution >= 4 is 5.97 Å². The van der Waals surface area contributed by atoms with Crippen LogP contribution in [-0.4, -0.2) is 27.4 Å². The summed E-state index contributed by atoms with van der Waals surface area (Å²) in [5.74, 6) is -0.785. The molecule has 1 rings (SSSR count). The second-order valence-electron chi connectivity index (χ2n) is 5.54. The number of aliphatic carboxylic acids is 1. The number of carboxylic acid groups (broad SMARTS) is 1. The lowest BCUT2D eigenvalue weighted by Gasteiger charge is -2.46. The van der Waals surface area contributed by atoms with Crippen molar-refractivity contribution < 1.29 is 20.2 Å². The van der Waals surface area contributed by atoms with Gasteiger partial charge in [-0.15, -0.1) is 0 Å².